The van der Waals surface area contributed by atoms with Crippen LogP contribution in [-0.4, -0.2) is 69.0 Å². The fourth-order valence-corrected chi connectivity index (χ4v) is 4.80. The average Bonchev–Trinajstić information content (AvgIpc) is 3.24. The molecule has 16 heteroatoms. The van der Waals surface area contributed by atoms with Gasteiger partial charge in [-0.1, -0.05) is 15.9 Å². The van der Waals surface area contributed by atoms with Gasteiger partial charge in [0.1, 0.15) is 28.8 Å². The Morgan fingerprint density at radius 3 is 2.45 bits per heavy atom. The predicted molar refractivity (Wildman–Crippen MR) is 134 cm³/mol. The SMILES string of the molecule is NC(=O)c1c(OCc2c(F)cc(Br)cc2F)nsc1NC(=O)NCC(O)CC(=O)N1CCC(C(=O)O)CC1. The molecule has 0 radical (unpaired) electrons. The Hall–Kier alpha value is -3.37. The lowest BCUT2D eigenvalue weighted by molar-refractivity contribution is -0.146. The van der Waals surface area contributed by atoms with Gasteiger partial charge in [-0.15, -0.1) is 0 Å². The van der Waals surface area contributed by atoms with E-state index < -0.39 is 53.7 Å². The van der Waals surface area contributed by atoms with Gasteiger partial charge in [0.15, 0.2) is 0 Å². The molecule has 206 valence electrons. The number of anilines is 1. The van der Waals surface area contributed by atoms with Crippen molar-refractivity contribution in [2.75, 3.05) is 25.0 Å². The van der Waals surface area contributed by atoms with Gasteiger partial charge in [0.2, 0.25) is 11.8 Å². The summed E-state index contributed by atoms with van der Waals surface area (Å²) >= 11 is 3.60. The maximum absolute atomic E-state index is 14.0. The lowest BCUT2D eigenvalue weighted by Gasteiger charge is -2.30. The molecule has 1 fully saturated rings. The van der Waals surface area contributed by atoms with Crippen LogP contribution in [0.25, 0.3) is 0 Å². The number of rotatable bonds is 10. The van der Waals surface area contributed by atoms with Crippen molar-refractivity contribution in [1.82, 2.24) is 14.6 Å². The summed E-state index contributed by atoms with van der Waals surface area (Å²) in [6.45, 7) is -0.374. The Bertz CT molecular complexity index is 1200. The van der Waals surface area contributed by atoms with E-state index in [-0.39, 0.29) is 52.9 Å². The largest absolute Gasteiger partial charge is 0.481 e. The Kier molecular flexibility index (Phi) is 9.93. The van der Waals surface area contributed by atoms with Gasteiger partial charge < -0.3 is 30.9 Å². The van der Waals surface area contributed by atoms with Crippen LogP contribution in [0.3, 0.4) is 0 Å². The number of nitrogens with two attached hydrogens (primary N) is 1. The standard InChI is InChI=1S/C22H24BrF2N5O7S/c23-11-5-14(24)13(15(25)6-11)9-37-19-17(18(26)33)20(38-29-19)28-22(36)27-8-12(31)7-16(32)30-3-1-10(2-4-30)21(34)35/h5-6,10,12,31H,1-4,7-9H2,(H2,26,33)(H,34,35)(H2,27,28,36). The number of aliphatic hydroxyl groups excluding tert-OH is 1. The van der Waals surface area contributed by atoms with E-state index in [0.717, 1.165) is 12.1 Å². The molecule has 0 bridgehead atoms. The van der Waals surface area contributed by atoms with Gasteiger partial charge in [-0.25, -0.2) is 13.6 Å². The lowest BCUT2D eigenvalue weighted by atomic mass is 9.97. The molecule has 3 rings (SSSR count). The monoisotopic (exact) mass is 619 g/mol. The van der Waals surface area contributed by atoms with Crippen molar-refractivity contribution in [3.63, 3.8) is 0 Å². The number of nitrogens with zero attached hydrogens (tertiary/aromatic N) is 2. The Labute approximate surface area is 227 Å². The number of primary amides is 1. The van der Waals surface area contributed by atoms with Gasteiger partial charge in [-0.2, -0.15) is 4.37 Å². The van der Waals surface area contributed by atoms with Gasteiger partial charge in [-0.3, -0.25) is 19.7 Å². The quantitative estimate of drug-likeness (QED) is 0.267. The van der Waals surface area contributed by atoms with E-state index in [1.165, 1.54) is 4.90 Å². The minimum Gasteiger partial charge on any atom is -0.481 e. The molecule has 6 N–H and O–H groups in total. The summed E-state index contributed by atoms with van der Waals surface area (Å²) in [6.07, 6.45) is -0.856. The van der Waals surface area contributed by atoms with E-state index in [9.17, 15) is 33.1 Å². The summed E-state index contributed by atoms with van der Waals surface area (Å²) in [5.74, 6) is -4.89. The van der Waals surface area contributed by atoms with Crippen LogP contribution >= 0.6 is 27.5 Å². The average molecular weight is 620 g/mol. The lowest BCUT2D eigenvalue weighted by Crippen LogP contribution is -2.43. The first kappa shape index (κ1) is 29.2. The number of carbonyl (C=O) groups excluding carboxylic acids is 3. The number of benzene rings is 1. The number of carbonyl (C=O) groups is 4. The zero-order valence-corrected chi connectivity index (χ0v) is 22.1. The highest BCUT2D eigenvalue weighted by Crippen LogP contribution is 2.31. The highest BCUT2D eigenvalue weighted by atomic mass is 79.9. The van der Waals surface area contributed by atoms with Gasteiger partial charge in [0.25, 0.3) is 5.91 Å². The molecule has 1 aliphatic rings. The summed E-state index contributed by atoms with van der Waals surface area (Å²) in [5.41, 5.74) is 4.64. The van der Waals surface area contributed by atoms with Crippen LogP contribution in [-0.2, 0) is 16.2 Å². The molecule has 1 aliphatic heterocycles. The maximum Gasteiger partial charge on any atom is 0.320 e. The molecular formula is C22H24BrF2N5O7S. The number of aromatic nitrogens is 1. The molecule has 4 amide bonds. The molecular weight excluding hydrogens is 596 g/mol. The molecule has 0 spiro atoms. The van der Waals surface area contributed by atoms with E-state index in [2.05, 4.69) is 30.9 Å². The van der Waals surface area contributed by atoms with Crippen molar-refractivity contribution in [1.29, 1.82) is 0 Å². The second-order valence-corrected chi connectivity index (χ2v) is 10.1. The first-order chi connectivity index (χ1) is 18.0. The summed E-state index contributed by atoms with van der Waals surface area (Å²) in [5, 5.41) is 23.8. The zero-order chi connectivity index (χ0) is 28.0. The second-order valence-electron chi connectivity index (χ2n) is 8.38. The van der Waals surface area contributed by atoms with Crippen LogP contribution in [0.1, 0.15) is 35.2 Å². The number of urea groups is 1. The molecule has 1 aromatic heterocycles. The number of nitrogens with one attached hydrogen (secondary N) is 2. The third-order valence-electron chi connectivity index (χ3n) is 5.70. The summed E-state index contributed by atoms with van der Waals surface area (Å²) in [6, 6.07) is 1.23. The molecule has 38 heavy (non-hydrogen) atoms. The first-order valence-corrected chi connectivity index (χ1v) is 12.8. The molecule has 1 saturated heterocycles. The highest BCUT2D eigenvalue weighted by Gasteiger charge is 2.28. The van der Waals surface area contributed by atoms with Gasteiger partial charge in [-0.05, 0) is 36.5 Å². The Morgan fingerprint density at radius 1 is 1.24 bits per heavy atom. The highest BCUT2D eigenvalue weighted by molar-refractivity contribution is 9.10. The zero-order valence-electron chi connectivity index (χ0n) is 19.7. The number of likely N-dealkylation sites (tertiary alicyclic amines) is 1. The van der Waals surface area contributed by atoms with Gasteiger partial charge in [0, 0.05) is 24.1 Å². The van der Waals surface area contributed by atoms with Gasteiger partial charge >= 0.3 is 12.0 Å². The second kappa shape index (κ2) is 12.9. The van der Waals surface area contributed by atoms with Gasteiger partial charge in [0.05, 0.1) is 24.0 Å². The van der Waals surface area contributed by atoms with E-state index in [1.807, 2.05) is 0 Å². The molecule has 12 nitrogen and oxygen atoms in total. The fourth-order valence-electron chi connectivity index (χ4n) is 3.66. The van der Waals surface area contributed by atoms with Crippen LogP contribution in [0.4, 0.5) is 18.6 Å². The first-order valence-electron chi connectivity index (χ1n) is 11.3. The summed E-state index contributed by atoms with van der Waals surface area (Å²) < 4.78 is 37.4. The van der Waals surface area contributed by atoms with Crippen LogP contribution in [0.2, 0.25) is 0 Å². The topological polar surface area (TPSA) is 184 Å². The molecule has 1 unspecified atom stereocenters. The molecule has 2 aromatic rings. The number of hydrogen-bond donors (Lipinski definition) is 5. The van der Waals surface area contributed by atoms with Crippen LogP contribution in [0.15, 0.2) is 16.6 Å². The molecule has 0 aliphatic carbocycles. The smallest absolute Gasteiger partial charge is 0.320 e. The maximum atomic E-state index is 14.0. The number of aliphatic hydroxyl groups is 1. The number of hydrogen-bond acceptors (Lipinski definition) is 8. The molecule has 0 saturated carbocycles. The van der Waals surface area contributed by atoms with Crippen molar-refractivity contribution < 1.29 is 42.9 Å². The summed E-state index contributed by atoms with van der Waals surface area (Å²) in [7, 11) is 0. The van der Waals surface area contributed by atoms with Crippen molar-refractivity contribution in [2.45, 2.75) is 32.0 Å². The number of amides is 4. The van der Waals surface area contributed by atoms with Crippen molar-refractivity contribution in [3.05, 3.63) is 39.4 Å². The number of carboxylic acids is 1. The number of ether oxygens (including phenoxy) is 1. The fraction of sp³-hybridized carbons (Fsp3) is 0.409. The Balaban J connectivity index is 1.51. The van der Waals surface area contributed by atoms with E-state index >= 15 is 0 Å². The summed E-state index contributed by atoms with van der Waals surface area (Å²) in [4.78, 5) is 49.0. The minimum atomic E-state index is -1.22. The van der Waals surface area contributed by atoms with Crippen molar-refractivity contribution >= 4 is 56.3 Å². The number of aliphatic carboxylic acids is 1. The van der Waals surface area contributed by atoms with E-state index in [4.69, 9.17) is 15.6 Å². The van der Waals surface area contributed by atoms with E-state index in [0.29, 0.717) is 24.4 Å². The van der Waals surface area contributed by atoms with Crippen molar-refractivity contribution in [3.8, 4) is 5.88 Å². The molecule has 1 aromatic carbocycles. The normalized spacial score (nSPS) is 14.6. The predicted octanol–water partition coefficient (Wildman–Crippen LogP) is 2.06. The van der Waals surface area contributed by atoms with Crippen LogP contribution in [0.5, 0.6) is 5.88 Å². The van der Waals surface area contributed by atoms with E-state index in [1.54, 1.807) is 0 Å². The third-order valence-corrected chi connectivity index (χ3v) is 6.90. The molecule has 2 heterocycles. The van der Waals surface area contributed by atoms with Crippen LogP contribution < -0.4 is 21.1 Å². The van der Waals surface area contributed by atoms with Crippen molar-refractivity contribution in [2.24, 2.45) is 11.7 Å². The Morgan fingerprint density at radius 2 is 1.87 bits per heavy atom. The molecule has 1 atom stereocenters. The number of carboxylic acid groups (broad SMARTS) is 1. The number of piperidine rings is 1. The number of halogens is 3. The minimum absolute atomic E-state index is 0.103. The van der Waals surface area contributed by atoms with Crippen LogP contribution in [0, 0.1) is 17.6 Å². The third kappa shape index (κ3) is 7.58.